The molecule has 0 spiro atoms. The van der Waals surface area contributed by atoms with E-state index in [1.165, 1.54) is 18.2 Å². The number of aliphatic hydroxyl groups is 1. The first-order valence-corrected chi connectivity index (χ1v) is 5.63. The molecule has 2 aromatic rings. The van der Waals surface area contributed by atoms with Gasteiger partial charge in [0.05, 0.1) is 24.3 Å². The van der Waals surface area contributed by atoms with E-state index in [4.69, 9.17) is 4.74 Å². The zero-order valence-electron chi connectivity index (χ0n) is 10.3. The van der Waals surface area contributed by atoms with Crippen molar-refractivity contribution in [2.24, 2.45) is 7.05 Å². The lowest BCUT2D eigenvalue weighted by Gasteiger charge is -2.13. The molecule has 1 heterocycles. The van der Waals surface area contributed by atoms with Crippen LogP contribution in [-0.2, 0) is 13.7 Å². The van der Waals surface area contributed by atoms with E-state index in [2.05, 4.69) is 4.98 Å². The Morgan fingerprint density at radius 2 is 2.28 bits per heavy atom. The molecule has 0 aliphatic rings. The molecule has 1 aromatic heterocycles. The zero-order chi connectivity index (χ0) is 13.1. The molecule has 1 atom stereocenters. The third-order valence-electron chi connectivity index (χ3n) is 2.71. The summed E-state index contributed by atoms with van der Waals surface area (Å²) in [6.07, 6.45) is 2.60. The van der Waals surface area contributed by atoms with Crippen molar-refractivity contribution in [3.05, 3.63) is 47.8 Å². The molecule has 0 aliphatic heterocycles. The van der Waals surface area contributed by atoms with E-state index in [1.54, 1.807) is 19.4 Å². The second-order valence-electron chi connectivity index (χ2n) is 4.14. The molecule has 0 fully saturated rings. The van der Waals surface area contributed by atoms with Gasteiger partial charge in [-0.15, -0.1) is 0 Å². The third kappa shape index (κ3) is 2.68. The summed E-state index contributed by atoms with van der Waals surface area (Å²) < 4.78 is 20.5. The smallest absolute Gasteiger partial charge is 0.130 e. The summed E-state index contributed by atoms with van der Waals surface area (Å²) in [6, 6.07) is 4.11. The standard InChI is InChI=1S/C13H15FN2O2/c1-9(17)12-5-10(14)3-4-13(12)18-7-11-6-15-8-16(11)2/h3-6,8-9,17H,7H2,1-2H3/t9-/m0/s1. The molecule has 1 N–H and O–H groups in total. The molecule has 2 rings (SSSR count). The summed E-state index contributed by atoms with van der Waals surface area (Å²) in [5, 5.41) is 9.58. The maximum Gasteiger partial charge on any atom is 0.130 e. The Hall–Kier alpha value is -1.88. The van der Waals surface area contributed by atoms with Crippen LogP contribution in [0.25, 0.3) is 0 Å². The highest BCUT2D eigenvalue weighted by molar-refractivity contribution is 5.35. The van der Waals surface area contributed by atoms with Crippen molar-refractivity contribution in [1.82, 2.24) is 9.55 Å². The molecular formula is C13H15FN2O2. The molecule has 0 radical (unpaired) electrons. The Balaban J connectivity index is 2.16. The van der Waals surface area contributed by atoms with E-state index in [-0.39, 0.29) is 0 Å². The maximum absolute atomic E-state index is 13.1. The number of hydrogen-bond donors (Lipinski definition) is 1. The summed E-state index contributed by atoms with van der Waals surface area (Å²) in [6.45, 7) is 1.90. The molecule has 0 saturated heterocycles. The fourth-order valence-electron chi connectivity index (χ4n) is 1.65. The number of hydrogen-bond acceptors (Lipinski definition) is 3. The molecule has 0 amide bonds. The van der Waals surface area contributed by atoms with Gasteiger partial charge < -0.3 is 14.4 Å². The molecule has 96 valence electrons. The van der Waals surface area contributed by atoms with Crippen LogP contribution in [0, 0.1) is 5.82 Å². The van der Waals surface area contributed by atoms with E-state index >= 15 is 0 Å². The molecule has 0 saturated carbocycles. The van der Waals surface area contributed by atoms with Gasteiger partial charge in [0.2, 0.25) is 0 Å². The fourth-order valence-corrected chi connectivity index (χ4v) is 1.65. The monoisotopic (exact) mass is 250 g/mol. The van der Waals surface area contributed by atoms with Crippen LogP contribution in [-0.4, -0.2) is 14.7 Å². The highest BCUT2D eigenvalue weighted by Crippen LogP contribution is 2.26. The number of aromatic nitrogens is 2. The van der Waals surface area contributed by atoms with Gasteiger partial charge in [0.1, 0.15) is 18.2 Å². The summed E-state index contributed by atoms with van der Waals surface area (Å²) in [5.74, 6) is 0.0892. The minimum atomic E-state index is -0.776. The third-order valence-corrected chi connectivity index (χ3v) is 2.71. The van der Waals surface area contributed by atoms with E-state index in [0.717, 1.165) is 5.69 Å². The van der Waals surface area contributed by atoms with Gasteiger partial charge in [-0.3, -0.25) is 0 Å². The van der Waals surface area contributed by atoms with Gasteiger partial charge in [-0.05, 0) is 25.1 Å². The van der Waals surface area contributed by atoms with Gasteiger partial charge in [0, 0.05) is 12.6 Å². The Bertz CT molecular complexity index is 538. The fraction of sp³-hybridized carbons (Fsp3) is 0.308. The Kier molecular flexibility index (Phi) is 3.62. The topological polar surface area (TPSA) is 47.3 Å². The highest BCUT2D eigenvalue weighted by atomic mass is 19.1. The van der Waals surface area contributed by atoms with E-state index in [0.29, 0.717) is 17.9 Å². The molecule has 1 aromatic carbocycles. The van der Waals surface area contributed by atoms with Gasteiger partial charge in [-0.2, -0.15) is 0 Å². The van der Waals surface area contributed by atoms with Gasteiger partial charge in [0.25, 0.3) is 0 Å². The second kappa shape index (κ2) is 5.18. The van der Waals surface area contributed by atoms with Crippen molar-refractivity contribution < 1.29 is 14.2 Å². The number of ether oxygens (including phenoxy) is 1. The Labute approximate surface area is 105 Å². The number of aliphatic hydroxyl groups excluding tert-OH is 1. The van der Waals surface area contributed by atoms with Crippen LogP contribution < -0.4 is 4.74 Å². The van der Waals surface area contributed by atoms with Crippen molar-refractivity contribution in [3.63, 3.8) is 0 Å². The van der Waals surface area contributed by atoms with Crippen LogP contribution in [0.1, 0.15) is 24.3 Å². The largest absolute Gasteiger partial charge is 0.487 e. The molecule has 4 nitrogen and oxygen atoms in total. The highest BCUT2D eigenvalue weighted by Gasteiger charge is 2.11. The first-order valence-electron chi connectivity index (χ1n) is 5.63. The van der Waals surface area contributed by atoms with Crippen molar-refractivity contribution >= 4 is 0 Å². The molecule has 0 aliphatic carbocycles. The zero-order valence-corrected chi connectivity index (χ0v) is 10.3. The second-order valence-corrected chi connectivity index (χ2v) is 4.14. The molecular weight excluding hydrogens is 235 g/mol. The lowest BCUT2D eigenvalue weighted by molar-refractivity contribution is 0.189. The summed E-state index contributed by atoms with van der Waals surface area (Å²) in [5.41, 5.74) is 1.34. The average Bonchev–Trinajstić information content (AvgIpc) is 2.73. The molecule has 0 bridgehead atoms. The van der Waals surface area contributed by atoms with E-state index in [9.17, 15) is 9.50 Å². The molecule has 0 unspecified atom stereocenters. The number of halogens is 1. The molecule has 5 heteroatoms. The number of benzene rings is 1. The van der Waals surface area contributed by atoms with Gasteiger partial charge in [-0.25, -0.2) is 9.37 Å². The Morgan fingerprint density at radius 3 is 2.89 bits per heavy atom. The predicted molar refractivity (Wildman–Crippen MR) is 64.6 cm³/mol. The SMILES string of the molecule is C[C@H](O)c1cc(F)ccc1OCc1cncn1C. The normalized spacial score (nSPS) is 12.4. The first kappa shape index (κ1) is 12.6. The quantitative estimate of drug-likeness (QED) is 0.904. The lowest BCUT2D eigenvalue weighted by Crippen LogP contribution is -2.04. The van der Waals surface area contributed by atoms with Crippen LogP contribution in [0.15, 0.2) is 30.7 Å². The van der Waals surface area contributed by atoms with Crippen LogP contribution >= 0.6 is 0 Å². The van der Waals surface area contributed by atoms with Crippen LogP contribution in [0.4, 0.5) is 4.39 Å². The van der Waals surface area contributed by atoms with Crippen molar-refractivity contribution in [3.8, 4) is 5.75 Å². The minimum Gasteiger partial charge on any atom is -0.487 e. The first-order chi connectivity index (χ1) is 8.58. The summed E-state index contributed by atoms with van der Waals surface area (Å²) in [7, 11) is 1.87. The number of aryl methyl sites for hydroxylation is 1. The van der Waals surface area contributed by atoms with Crippen LogP contribution in [0.3, 0.4) is 0 Å². The number of nitrogens with zero attached hydrogens (tertiary/aromatic N) is 2. The van der Waals surface area contributed by atoms with Gasteiger partial charge in [0.15, 0.2) is 0 Å². The van der Waals surface area contributed by atoms with E-state index < -0.39 is 11.9 Å². The maximum atomic E-state index is 13.1. The number of imidazole rings is 1. The van der Waals surface area contributed by atoms with Crippen LogP contribution in [0.5, 0.6) is 5.75 Å². The minimum absolute atomic E-state index is 0.321. The average molecular weight is 250 g/mol. The summed E-state index contributed by atoms with van der Waals surface area (Å²) in [4.78, 5) is 3.98. The van der Waals surface area contributed by atoms with Crippen molar-refractivity contribution in [1.29, 1.82) is 0 Å². The van der Waals surface area contributed by atoms with Gasteiger partial charge in [-0.1, -0.05) is 0 Å². The predicted octanol–water partition coefficient (Wildman–Crippen LogP) is 2.19. The van der Waals surface area contributed by atoms with Gasteiger partial charge >= 0.3 is 0 Å². The number of rotatable bonds is 4. The van der Waals surface area contributed by atoms with Crippen molar-refractivity contribution in [2.75, 3.05) is 0 Å². The molecule has 18 heavy (non-hydrogen) atoms. The van der Waals surface area contributed by atoms with E-state index in [1.807, 2.05) is 11.6 Å². The lowest BCUT2D eigenvalue weighted by atomic mass is 10.1. The van der Waals surface area contributed by atoms with Crippen molar-refractivity contribution in [2.45, 2.75) is 19.6 Å². The Morgan fingerprint density at radius 1 is 1.50 bits per heavy atom. The summed E-state index contributed by atoms with van der Waals surface area (Å²) >= 11 is 0. The van der Waals surface area contributed by atoms with Crippen LogP contribution in [0.2, 0.25) is 0 Å².